The van der Waals surface area contributed by atoms with E-state index in [1.165, 1.54) is 6.20 Å². The monoisotopic (exact) mass is 418 g/mol. The fraction of sp³-hybridized carbons (Fsp3) is 0.476. The molecule has 5 rings (SSSR count). The molecule has 0 bridgehead atoms. The van der Waals surface area contributed by atoms with Gasteiger partial charge in [0, 0.05) is 37.1 Å². The van der Waals surface area contributed by atoms with Gasteiger partial charge < -0.3 is 14.5 Å². The first-order valence-corrected chi connectivity index (χ1v) is 9.96. The van der Waals surface area contributed by atoms with Gasteiger partial charge in [0.05, 0.1) is 37.1 Å². The molecule has 6 nitrogen and oxygen atoms in total. The molecule has 0 saturated carbocycles. The Labute approximate surface area is 171 Å². The smallest absolute Gasteiger partial charge is 0.371 e. The SMILES string of the molecule is Cc1c2c(nc3c1CN(C(=O)[C@@H]1CCN(c4ccnc(C(F)(F)F)c4)C1)C3)COC2. The number of ether oxygens (including phenoxy) is 1. The molecule has 0 aromatic carbocycles. The molecule has 5 heterocycles. The van der Waals surface area contributed by atoms with Gasteiger partial charge in [0.1, 0.15) is 5.69 Å². The van der Waals surface area contributed by atoms with Crippen LogP contribution in [0.3, 0.4) is 0 Å². The van der Waals surface area contributed by atoms with E-state index in [0.717, 1.165) is 34.1 Å². The summed E-state index contributed by atoms with van der Waals surface area (Å²) >= 11 is 0. The first kappa shape index (κ1) is 19.3. The highest BCUT2D eigenvalue weighted by Gasteiger charge is 2.37. The van der Waals surface area contributed by atoms with E-state index in [1.807, 2.05) is 9.80 Å². The zero-order valence-corrected chi connectivity index (χ0v) is 16.5. The Morgan fingerprint density at radius 1 is 1.20 bits per heavy atom. The quantitative estimate of drug-likeness (QED) is 0.750. The van der Waals surface area contributed by atoms with Crippen LogP contribution in [0.15, 0.2) is 18.3 Å². The van der Waals surface area contributed by atoms with Crippen molar-refractivity contribution in [2.24, 2.45) is 5.92 Å². The largest absolute Gasteiger partial charge is 0.433 e. The summed E-state index contributed by atoms with van der Waals surface area (Å²) in [5, 5.41) is 0. The van der Waals surface area contributed by atoms with Crippen LogP contribution in [0.1, 0.15) is 40.2 Å². The number of fused-ring (bicyclic) bond motifs is 2. The van der Waals surface area contributed by atoms with Crippen LogP contribution in [0.2, 0.25) is 0 Å². The van der Waals surface area contributed by atoms with Crippen LogP contribution in [-0.4, -0.2) is 33.9 Å². The maximum absolute atomic E-state index is 13.1. The molecule has 0 N–H and O–H groups in total. The number of anilines is 1. The van der Waals surface area contributed by atoms with E-state index in [0.29, 0.717) is 51.5 Å². The molecule has 158 valence electrons. The fourth-order valence-corrected chi connectivity index (χ4v) is 4.62. The molecule has 0 radical (unpaired) electrons. The first-order chi connectivity index (χ1) is 14.3. The Hall–Kier alpha value is -2.68. The van der Waals surface area contributed by atoms with Crippen molar-refractivity contribution in [3.63, 3.8) is 0 Å². The van der Waals surface area contributed by atoms with Gasteiger partial charge >= 0.3 is 6.18 Å². The van der Waals surface area contributed by atoms with Crippen LogP contribution in [0.25, 0.3) is 0 Å². The lowest BCUT2D eigenvalue weighted by atomic mass is 10.0. The second-order valence-electron chi connectivity index (χ2n) is 8.10. The molecule has 9 heteroatoms. The lowest BCUT2D eigenvalue weighted by Gasteiger charge is -2.22. The average Bonchev–Trinajstić information content (AvgIpc) is 3.46. The Kier molecular flexibility index (Phi) is 4.46. The maximum atomic E-state index is 13.1. The number of nitrogens with zero attached hydrogens (tertiary/aromatic N) is 4. The number of aromatic nitrogens is 2. The number of rotatable bonds is 2. The van der Waals surface area contributed by atoms with E-state index in [4.69, 9.17) is 9.72 Å². The highest BCUT2D eigenvalue weighted by atomic mass is 19.4. The van der Waals surface area contributed by atoms with Gasteiger partial charge in [-0.05, 0) is 36.6 Å². The summed E-state index contributed by atoms with van der Waals surface area (Å²) in [5.74, 6) is -0.200. The molecular weight excluding hydrogens is 397 g/mol. The molecule has 30 heavy (non-hydrogen) atoms. The molecule has 2 aromatic heterocycles. The molecular formula is C21H21F3N4O2. The van der Waals surface area contributed by atoms with E-state index in [9.17, 15) is 18.0 Å². The van der Waals surface area contributed by atoms with Crippen LogP contribution < -0.4 is 4.90 Å². The maximum Gasteiger partial charge on any atom is 0.433 e. The van der Waals surface area contributed by atoms with Crippen molar-refractivity contribution in [3.8, 4) is 0 Å². The Morgan fingerprint density at radius 3 is 2.83 bits per heavy atom. The number of alkyl halides is 3. The molecule has 3 aliphatic heterocycles. The summed E-state index contributed by atoms with van der Waals surface area (Å²) < 4.78 is 44.4. The summed E-state index contributed by atoms with van der Waals surface area (Å²) in [4.78, 5) is 24.9. The molecule has 1 amide bonds. The Balaban J connectivity index is 1.29. The lowest BCUT2D eigenvalue weighted by Crippen LogP contribution is -2.34. The van der Waals surface area contributed by atoms with Gasteiger partial charge in [-0.3, -0.25) is 14.8 Å². The first-order valence-electron chi connectivity index (χ1n) is 9.96. The van der Waals surface area contributed by atoms with Gasteiger partial charge in [0.25, 0.3) is 0 Å². The number of amides is 1. The third-order valence-electron chi connectivity index (χ3n) is 6.29. The highest BCUT2D eigenvalue weighted by Crippen LogP contribution is 2.35. The van der Waals surface area contributed by atoms with Crippen molar-refractivity contribution in [1.29, 1.82) is 0 Å². The number of pyridine rings is 2. The van der Waals surface area contributed by atoms with E-state index in [-0.39, 0.29) is 11.8 Å². The number of carbonyl (C=O) groups is 1. The molecule has 3 aliphatic rings. The van der Waals surface area contributed by atoms with Crippen molar-refractivity contribution in [1.82, 2.24) is 14.9 Å². The van der Waals surface area contributed by atoms with Crippen molar-refractivity contribution in [3.05, 3.63) is 52.1 Å². The third kappa shape index (κ3) is 3.21. The minimum absolute atomic E-state index is 0.0383. The summed E-state index contributed by atoms with van der Waals surface area (Å²) in [6, 6.07) is 2.61. The van der Waals surface area contributed by atoms with Gasteiger partial charge in [0.15, 0.2) is 0 Å². The van der Waals surface area contributed by atoms with E-state index in [1.54, 1.807) is 6.07 Å². The summed E-state index contributed by atoms with van der Waals surface area (Å²) in [7, 11) is 0. The van der Waals surface area contributed by atoms with Crippen LogP contribution in [0, 0.1) is 12.8 Å². The summed E-state index contributed by atoms with van der Waals surface area (Å²) in [6.07, 6.45) is -2.70. The van der Waals surface area contributed by atoms with Gasteiger partial charge in [-0.25, -0.2) is 0 Å². The lowest BCUT2D eigenvalue weighted by molar-refractivity contribution is -0.141. The molecule has 0 unspecified atom stereocenters. The topological polar surface area (TPSA) is 58.6 Å². The molecule has 1 saturated heterocycles. The van der Waals surface area contributed by atoms with E-state index >= 15 is 0 Å². The van der Waals surface area contributed by atoms with Crippen molar-refractivity contribution < 1.29 is 22.7 Å². The number of hydrogen-bond donors (Lipinski definition) is 0. The minimum atomic E-state index is -4.48. The minimum Gasteiger partial charge on any atom is -0.371 e. The van der Waals surface area contributed by atoms with Crippen LogP contribution in [0.4, 0.5) is 18.9 Å². The zero-order chi connectivity index (χ0) is 21.0. The molecule has 2 aromatic rings. The predicted molar refractivity (Wildman–Crippen MR) is 101 cm³/mol. The Bertz CT molecular complexity index is 1020. The molecule has 0 aliphatic carbocycles. The van der Waals surface area contributed by atoms with Crippen molar-refractivity contribution >= 4 is 11.6 Å². The number of halogens is 3. The average molecular weight is 418 g/mol. The van der Waals surface area contributed by atoms with Crippen molar-refractivity contribution in [2.45, 2.75) is 45.8 Å². The number of hydrogen-bond acceptors (Lipinski definition) is 5. The fourth-order valence-electron chi connectivity index (χ4n) is 4.62. The zero-order valence-electron chi connectivity index (χ0n) is 16.5. The molecule has 1 atom stereocenters. The van der Waals surface area contributed by atoms with Crippen LogP contribution >= 0.6 is 0 Å². The van der Waals surface area contributed by atoms with Gasteiger partial charge in [-0.1, -0.05) is 0 Å². The Morgan fingerprint density at radius 2 is 2.03 bits per heavy atom. The van der Waals surface area contributed by atoms with Crippen LogP contribution in [0.5, 0.6) is 0 Å². The van der Waals surface area contributed by atoms with Crippen molar-refractivity contribution in [2.75, 3.05) is 18.0 Å². The predicted octanol–water partition coefficient (Wildman–Crippen LogP) is 3.20. The molecule has 1 fully saturated rings. The third-order valence-corrected chi connectivity index (χ3v) is 6.29. The van der Waals surface area contributed by atoms with E-state index < -0.39 is 11.9 Å². The van der Waals surface area contributed by atoms with E-state index in [2.05, 4.69) is 11.9 Å². The highest BCUT2D eigenvalue weighted by molar-refractivity contribution is 5.81. The van der Waals surface area contributed by atoms with Gasteiger partial charge in [-0.15, -0.1) is 0 Å². The van der Waals surface area contributed by atoms with Gasteiger partial charge in [0.2, 0.25) is 5.91 Å². The summed E-state index contributed by atoms with van der Waals surface area (Å²) in [5.41, 5.74) is 4.83. The second-order valence-corrected chi connectivity index (χ2v) is 8.10. The molecule has 0 spiro atoms. The second kappa shape index (κ2) is 6.94. The normalized spacial score (nSPS) is 20.6. The van der Waals surface area contributed by atoms with Gasteiger partial charge in [-0.2, -0.15) is 13.2 Å². The summed E-state index contributed by atoms with van der Waals surface area (Å²) in [6.45, 7) is 5.10. The van der Waals surface area contributed by atoms with Crippen LogP contribution in [-0.2, 0) is 42.0 Å². The standard InChI is InChI=1S/C21H21F3N4O2/c1-12-15-8-28(9-17(15)26-18-11-30-10-16(12)18)20(29)13-3-5-27(7-13)14-2-4-25-19(6-14)21(22,23)24/h2,4,6,13H,3,5,7-11H2,1H3/t13-/m1/s1. The number of carbonyl (C=O) groups excluding carboxylic acids is 1.